The van der Waals surface area contributed by atoms with Crippen LogP contribution in [0.1, 0.15) is 39.5 Å². The van der Waals surface area contributed by atoms with Crippen LogP contribution in [0.5, 0.6) is 0 Å². The van der Waals surface area contributed by atoms with E-state index in [0.29, 0.717) is 11.2 Å². The third-order valence-corrected chi connectivity index (χ3v) is 6.56. The Balaban J connectivity index is 2.03. The average molecular weight is 229 g/mol. The molecule has 2 atom stereocenters. The zero-order valence-electron chi connectivity index (χ0n) is 9.95. The Morgan fingerprint density at radius 1 is 1.33 bits per heavy atom. The molecule has 0 aromatic carbocycles. The predicted molar refractivity (Wildman–Crippen MR) is 67.4 cm³/mol. The molecule has 0 bridgehead atoms. The van der Waals surface area contributed by atoms with Crippen LogP contribution in [0.4, 0.5) is 0 Å². The van der Waals surface area contributed by atoms with Crippen LogP contribution in [0.2, 0.25) is 0 Å². The monoisotopic (exact) mass is 229 g/mol. The van der Waals surface area contributed by atoms with E-state index in [-0.39, 0.29) is 0 Å². The summed E-state index contributed by atoms with van der Waals surface area (Å²) in [7, 11) is -1.92. The number of hydrogen-bond acceptors (Lipinski definition) is 1. The molecule has 1 aliphatic heterocycles. The van der Waals surface area contributed by atoms with E-state index in [9.17, 15) is 4.21 Å². The summed E-state index contributed by atoms with van der Waals surface area (Å²) in [4.78, 5) is 0. The average Bonchev–Trinajstić information content (AvgIpc) is 3.01. The van der Waals surface area contributed by atoms with Crippen molar-refractivity contribution >= 4 is 15.6 Å². The molecule has 0 aromatic heterocycles. The molecule has 2 fully saturated rings. The highest BCUT2D eigenvalue weighted by atomic mass is 32.2. The van der Waals surface area contributed by atoms with Gasteiger partial charge in [0.15, 0.2) is 0 Å². The molecule has 1 aliphatic carbocycles. The topological polar surface area (TPSA) is 20.3 Å². The van der Waals surface area contributed by atoms with Crippen LogP contribution < -0.4 is 0 Å². The molecule has 0 spiro atoms. The zero-order chi connectivity index (χ0) is 11.1. The van der Waals surface area contributed by atoms with Gasteiger partial charge in [-0.1, -0.05) is 13.8 Å². The maximum atomic E-state index is 12.5. The molecule has 2 nitrogen and oxygen atoms in total. The predicted octanol–water partition coefficient (Wildman–Crippen LogP) is 2.15. The van der Waals surface area contributed by atoms with E-state index in [4.69, 9.17) is 0 Å². The summed E-state index contributed by atoms with van der Waals surface area (Å²) in [6, 6.07) is 0. The Hall–Kier alpha value is -0.0200. The highest BCUT2D eigenvalue weighted by molar-refractivity contribution is 7.99. The second kappa shape index (κ2) is 4.10. The van der Waals surface area contributed by atoms with Gasteiger partial charge in [0.2, 0.25) is 0 Å². The first kappa shape index (κ1) is 11.5. The maximum Gasteiger partial charge on any atom is 0.0405 e. The van der Waals surface area contributed by atoms with Crippen molar-refractivity contribution in [3.05, 3.63) is 0 Å². The van der Waals surface area contributed by atoms with Crippen LogP contribution in [0.25, 0.3) is 0 Å². The quantitative estimate of drug-likeness (QED) is 0.679. The Morgan fingerprint density at radius 2 is 2.00 bits per heavy atom. The van der Waals surface area contributed by atoms with Crippen LogP contribution in [0.3, 0.4) is 0 Å². The van der Waals surface area contributed by atoms with Crippen LogP contribution >= 0.6 is 0 Å². The van der Waals surface area contributed by atoms with Gasteiger partial charge in [0.25, 0.3) is 0 Å². The summed E-state index contributed by atoms with van der Waals surface area (Å²) in [6.07, 6.45) is 4.76. The third-order valence-electron chi connectivity index (χ3n) is 3.85. The van der Waals surface area contributed by atoms with Gasteiger partial charge in [-0.2, -0.15) is 0 Å². The molecule has 1 saturated heterocycles. The normalized spacial score (nSPS) is 32.9. The van der Waals surface area contributed by atoms with Crippen molar-refractivity contribution in [3.8, 4) is 0 Å². The van der Waals surface area contributed by atoms with E-state index in [1.165, 1.54) is 12.8 Å². The molecule has 15 heavy (non-hydrogen) atoms. The first-order valence-corrected chi connectivity index (χ1v) is 7.87. The van der Waals surface area contributed by atoms with E-state index in [0.717, 1.165) is 31.8 Å². The highest BCUT2D eigenvalue weighted by Gasteiger charge is 2.37. The molecule has 88 valence electrons. The summed E-state index contributed by atoms with van der Waals surface area (Å²) in [5, 5.41) is 0.406. The van der Waals surface area contributed by atoms with Crippen LogP contribution in [-0.4, -0.2) is 32.7 Å². The van der Waals surface area contributed by atoms with Crippen molar-refractivity contribution in [3.63, 3.8) is 0 Å². The molecular weight excluding hydrogens is 206 g/mol. The molecule has 1 saturated carbocycles. The van der Waals surface area contributed by atoms with E-state index in [1.54, 1.807) is 0 Å². The highest BCUT2D eigenvalue weighted by Crippen LogP contribution is 2.34. The maximum absolute atomic E-state index is 12.5. The van der Waals surface area contributed by atoms with Gasteiger partial charge in [-0.25, -0.2) is 4.31 Å². The fraction of sp³-hybridized carbons (Fsp3) is 0.917. The summed E-state index contributed by atoms with van der Waals surface area (Å²) < 4.78 is 14.7. The molecule has 2 rings (SSSR count). The lowest BCUT2D eigenvalue weighted by molar-refractivity contribution is 0.224. The fourth-order valence-corrected chi connectivity index (χ4v) is 4.62. The zero-order valence-corrected chi connectivity index (χ0v) is 10.8. The Kier molecular flexibility index (Phi) is 3.13. The lowest BCUT2D eigenvalue weighted by Crippen LogP contribution is -2.42. The Bertz CT molecular complexity index is 317. The number of rotatable bonds is 3. The molecule has 3 heteroatoms. The second-order valence-corrected chi connectivity index (χ2v) is 7.99. The van der Waals surface area contributed by atoms with Crippen molar-refractivity contribution in [2.45, 2.75) is 44.8 Å². The van der Waals surface area contributed by atoms with E-state index >= 15 is 0 Å². The van der Waals surface area contributed by atoms with Gasteiger partial charge >= 0.3 is 0 Å². The number of piperidine rings is 1. The van der Waals surface area contributed by atoms with Gasteiger partial charge in [-0.05, 0) is 43.4 Å². The van der Waals surface area contributed by atoms with Gasteiger partial charge in [0.05, 0.1) is 0 Å². The van der Waals surface area contributed by atoms with Crippen LogP contribution in [0, 0.1) is 11.8 Å². The van der Waals surface area contributed by atoms with E-state index < -0.39 is 9.71 Å². The molecule has 2 aliphatic rings. The van der Waals surface area contributed by atoms with Gasteiger partial charge < -0.3 is 0 Å². The summed E-state index contributed by atoms with van der Waals surface area (Å²) in [5.41, 5.74) is 0. The summed E-state index contributed by atoms with van der Waals surface area (Å²) >= 11 is 0. The second-order valence-electron chi connectivity index (χ2n) is 5.42. The molecule has 0 radical (unpaired) electrons. The minimum Gasteiger partial charge on any atom is -0.252 e. The van der Waals surface area contributed by atoms with Gasteiger partial charge in [-0.3, -0.25) is 4.21 Å². The van der Waals surface area contributed by atoms with Gasteiger partial charge in [0.1, 0.15) is 0 Å². The van der Waals surface area contributed by atoms with Gasteiger partial charge in [-0.15, -0.1) is 0 Å². The van der Waals surface area contributed by atoms with Crippen molar-refractivity contribution in [2.24, 2.45) is 11.8 Å². The fourth-order valence-electron chi connectivity index (χ4n) is 2.45. The Morgan fingerprint density at radius 3 is 2.53 bits per heavy atom. The lowest BCUT2D eigenvalue weighted by atomic mass is 9.89. The summed E-state index contributed by atoms with van der Waals surface area (Å²) in [6.45, 7) is 6.56. The third kappa shape index (κ3) is 2.39. The minimum atomic E-state index is -1.92. The van der Waals surface area contributed by atoms with Crippen molar-refractivity contribution in [1.82, 2.24) is 4.31 Å². The first-order valence-electron chi connectivity index (χ1n) is 6.13. The molecule has 0 amide bonds. The number of hydrogen-bond donors (Lipinski definition) is 0. The molecule has 0 N–H and O–H groups in total. The van der Waals surface area contributed by atoms with Crippen molar-refractivity contribution in [1.29, 1.82) is 0 Å². The van der Waals surface area contributed by atoms with Gasteiger partial charge in [0, 0.05) is 28.0 Å². The minimum absolute atomic E-state index is 0.406. The standard InChI is InChI=1S/C12H23NOS/c1-10(2)11-5-4-8-13(9-11)15(3,14)12-6-7-12/h10-12H,3-9H2,1-2H3. The molecule has 0 aromatic rings. The smallest absolute Gasteiger partial charge is 0.0405 e. The largest absolute Gasteiger partial charge is 0.252 e. The van der Waals surface area contributed by atoms with Crippen LogP contribution in [0.15, 0.2) is 0 Å². The first-order chi connectivity index (χ1) is 7.01. The summed E-state index contributed by atoms with van der Waals surface area (Å²) in [5.74, 6) is 5.44. The van der Waals surface area contributed by atoms with Crippen LogP contribution in [-0.2, 0) is 9.71 Å². The molecular formula is C12H23NOS. The molecule has 1 heterocycles. The number of nitrogens with zero attached hydrogens (tertiary/aromatic N) is 1. The SMILES string of the molecule is C=S(=O)(C1CC1)N1CCCC(C(C)C)C1. The van der Waals surface area contributed by atoms with E-state index in [1.807, 2.05) is 0 Å². The van der Waals surface area contributed by atoms with Crippen molar-refractivity contribution in [2.75, 3.05) is 13.1 Å². The lowest BCUT2D eigenvalue weighted by Gasteiger charge is -2.36. The van der Waals surface area contributed by atoms with E-state index in [2.05, 4.69) is 24.0 Å². The Labute approximate surface area is 94.2 Å². The van der Waals surface area contributed by atoms with Crippen molar-refractivity contribution < 1.29 is 4.21 Å². The molecule has 2 unspecified atom stereocenters.